The highest BCUT2D eigenvalue weighted by Gasteiger charge is 2.19. The lowest BCUT2D eigenvalue weighted by molar-refractivity contribution is -0.114. The average Bonchev–Trinajstić information content (AvgIpc) is 3.22. The van der Waals surface area contributed by atoms with Crippen LogP contribution in [0.5, 0.6) is 0 Å². The van der Waals surface area contributed by atoms with Crippen molar-refractivity contribution in [2.75, 3.05) is 38.6 Å². The highest BCUT2D eigenvalue weighted by atomic mass is 35.5. The van der Waals surface area contributed by atoms with Gasteiger partial charge in [0.2, 0.25) is 5.91 Å². The monoisotopic (exact) mass is 464 g/mol. The van der Waals surface area contributed by atoms with Gasteiger partial charge in [-0.3, -0.25) is 9.69 Å². The Morgan fingerprint density at radius 1 is 1.48 bits per heavy atom. The van der Waals surface area contributed by atoms with E-state index < -0.39 is 0 Å². The van der Waals surface area contributed by atoms with Gasteiger partial charge in [0, 0.05) is 30.1 Å². The van der Waals surface area contributed by atoms with E-state index in [4.69, 9.17) is 27.1 Å². The summed E-state index contributed by atoms with van der Waals surface area (Å²) in [5, 5.41) is 9.58. The molecule has 1 amide bonds. The van der Waals surface area contributed by atoms with Gasteiger partial charge in [-0.25, -0.2) is 9.98 Å². The first kappa shape index (κ1) is 23.5. The third-order valence-electron chi connectivity index (χ3n) is 5.01. The molecule has 0 spiro atoms. The quantitative estimate of drug-likeness (QED) is 0.410. The molecule has 2 aromatic rings. The number of ether oxygens (including phenoxy) is 1. The number of aromatic nitrogens is 1. The average molecular weight is 465 g/mol. The number of anilines is 1. The van der Waals surface area contributed by atoms with Crippen molar-refractivity contribution >= 4 is 40.6 Å². The third-order valence-corrected chi connectivity index (χ3v) is 6.28. The maximum absolute atomic E-state index is 12.2. The van der Waals surface area contributed by atoms with Crippen LogP contribution in [0.25, 0.3) is 10.6 Å². The SMILES string of the molecule is CCOC(N)=NCC(=O)Nc1cc(-c2nc(CN3CCCC(NC)C3)cs2)ccc1Cl. The number of likely N-dealkylation sites (tertiary alicyclic amines) is 1. The molecule has 1 aliphatic heterocycles. The Labute approximate surface area is 191 Å². The van der Waals surface area contributed by atoms with E-state index in [1.165, 1.54) is 12.8 Å². The maximum atomic E-state index is 12.2. The number of nitrogens with zero attached hydrogens (tertiary/aromatic N) is 3. The number of benzene rings is 1. The van der Waals surface area contributed by atoms with Gasteiger partial charge in [0.1, 0.15) is 11.6 Å². The van der Waals surface area contributed by atoms with E-state index in [0.717, 1.165) is 35.9 Å². The normalized spacial score (nSPS) is 17.5. The Bertz CT molecular complexity index is 919. The molecule has 1 aromatic heterocycles. The Balaban J connectivity index is 1.64. The van der Waals surface area contributed by atoms with Crippen molar-refractivity contribution in [2.24, 2.45) is 10.7 Å². The number of hydrogen-bond acceptors (Lipinski definition) is 7. The zero-order valence-electron chi connectivity index (χ0n) is 17.9. The minimum absolute atomic E-state index is 0.0115. The van der Waals surface area contributed by atoms with Gasteiger partial charge in [0.25, 0.3) is 6.02 Å². The summed E-state index contributed by atoms with van der Waals surface area (Å²) in [6.45, 7) is 5.02. The molecule has 168 valence electrons. The lowest BCUT2D eigenvalue weighted by Crippen LogP contribution is -2.43. The lowest BCUT2D eigenvalue weighted by Gasteiger charge is -2.31. The molecule has 2 heterocycles. The zero-order valence-corrected chi connectivity index (χ0v) is 19.4. The van der Waals surface area contributed by atoms with Gasteiger partial charge in [-0.1, -0.05) is 17.7 Å². The Morgan fingerprint density at radius 3 is 3.10 bits per heavy atom. The number of nitrogens with one attached hydrogen (secondary N) is 2. The first-order valence-corrected chi connectivity index (χ1v) is 11.6. The van der Waals surface area contributed by atoms with Crippen molar-refractivity contribution in [1.82, 2.24) is 15.2 Å². The molecule has 1 unspecified atom stereocenters. The highest BCUT2D eigenvalue weighted by Crippen LogP contribution is 2.31. The molecule has 1 atom stereocenters. The van der Waals surface area contributed by atoms with Crippen molar-refractivity contribution < 1.29 is 9.53 Å². The van der Waals surface area contributed by atoms with Crippen LogP contribution < -0.4 is 16.4 Å². The number of piperidine rings is 1. The second kappa shape index (κ2) is 11.4. The van der Waals surface area contributed by atoms with Crippen LogP contribution in [0.1, 0.15) is 25.5 Å². The molecular formula is C21H29ClN6O2S. The summed E-state index contributed by atoms with van der Waals surface area (Å²) >= 11 is 7.86. The largest absolute Gasteiger partial charge is 0.466 e. The van der Waals surface area contributed by atoms with E-state index in [9.17, 15) is 4.79 Å². The molecule has 4 N–H and O–H groups in total. The third kappa shape index (κ3) is 6.90. The molecular weight excluding hydrogens is 436 g/mol. The molecule has 1 aromatic carbocycles. The van der Waals surface area contributed by atoms with Crippen molar-refractivity contribution in [1.29, 1.82) is 0 Å². The molecule has 1 saturated heterocycles. The number of thiazole rings is 1. The first-order valence-electron chi connectivity index (χ1n) is 10.3. The summed E-state index contributed by atoms with van der Waals surface area (Å²) < 4.78 is 5.02. The standard InChI is InChI=1S/C21H29ClN6O2S/c1-3-30-21(23)25-10-19(29)27-18-9-14(6-7-17(18)22)20-26-16(13-31-20)12-28-8-4-5-15(11-28)24-2/h6-7,9,13,15,24H,3-5,8,10-12H2,1-2H3,(H2,23,25)(H,27,29). The molecule has 1 aliphatic rings. The van der Waals surface area contributed by atoms with Gasteiger partial charge >= 0.3 is 0 Å². The summed E-state index contributed by atoms with van der Waals surface area (Å²) in [6.07, 6.45) is 2.42. The molecule has 31 heavy (non-hydrogen) atoms. The maximum Gasteiger partial charge on any atom is 0.282 e. The number of aliphatic imine (C=N–C) groups is 1. The highest BCUT2D eigenvalue weighted by molar-refractivity contribution is 7.13. The van der Waals surface area contributed by atoms with Gasteiger partial charge in [-0.05, 0) is 45.5 Å². The van der Waals surface area contributed by atoms with Gasteiger partial charge in [0.05, 0.1) is 23.0 Å². The van der Waals surface area contributed by atoms with E-state index in [1.807, 2.05) is 19.2 Å². The van der Waals surface area contributed by atoms with Crippen molar-refractivity contribution in [3.05, 3.63) is 34.3 Å². The number of amidine groups is 1. The van der Waals surface area contributed by atoms with Crippen LogP contribution in [-0.2, 0) is 16.1 Å². The molecule has 0 saturated carbocycles. The fraction of sp³-hybridized carbons (Fsp3) is 0.476. The summed E-state index contributed by atoms with van der Waals surface area (Å²) in [5.74, 6) is -0.328. The van der Waals surface area contributed by atoms with Crippen molar-refractivity contribution in [3.63, 3.8) is 0 Å². The van der Waals surface area contributed by atoms with E-state index in [2.05, 4.69) is 25.9 Å². The summed E-state index contributed by atoms with van der Waals surface area (Å²) in [5.41, 5.74) is 8.02. The molecule has 0 aliphatic carbocycles. The second-order valence-electron chi connectivity index (χ2n) is 7.34. The van der Waals surface area contributed by atoms with Gasteiger partial charge in [0.15, 0.2) is 0 Å². The number of likely N-dealkylation sites (N-methyl/N-ethyl adjacent to an activating group) is 1. The Hall–Kier alpha value is -2.20. The predicted molar refractivity (Wildman–Crippen MR) is 127 cm³/mol. The number of nitrogens with two attached hydrogens (primary N) is 1. The van der Waals surface area contributed by atoms with Gasteiger partial charge < -0.3 is 21.1 Å². The smallest absolute Gasteiger partial charge is 0.282 e. The van der Waals surface area contributed by atoms with Crippen LogP contribution >= 0.6 is 22.9 Å². The Morgan fingerprint density at radius 2 is 2.32 bits per heavy atom. The molecule has 8 nitrogen and oxygen atoms in total. The number of rotatable bonds is 8. The minimum atomic E-state index is -0.328. The number of halogens is 1. The van der Waals surface area contributed by atoms with E-state index >= 15 is 0 Å². The lowest BCUT2D eigenvalue weighted by atomic mass is 10.1. The Kier molecular flexibility index (Phi) is 8.65. The van der Waals surface area contributed by atoms with Crippen LogP contribution in [0.2, 0.25) is 5.02 Å². The fourth-order valence-electron chi connectivity index (χ4n) is 3.46. The molecule has 1 fully saturated rings. The summed E-state index contributed by atoms with van der Waals surface area (Å²) in [4.78, 5) is 23.3. The van der Waals surface area contributed by atoms with E-state index in [0.29, 0.717) is 23.4 Å². The van der Waals surface area contributed by atoms with Gasteiger partial charge in [-0.15, -0.1) is 11.3 Å². The van der Waals surface area contributed by atoms with Crippen LogP contribution in [-0.4, -0.2) is 61.1 Å². The second-order valence-corrected chi connectivity index (χ2v) is 8.60. The van der Waals surface area contributed by atoms with Crippen molar-refractivity contribution in [2.45, 2.75) is 32.4 Å². The van der Waals surface area contributed by atoms with Crippen LogP contribution in [0, 0.1) is 0 Å². The van der Waals surface area contributed by atoms with Crippen LogP contribution in [0.15, 0.2) is 28.6 Å². The van der Waals surface area contributed by atoms with Crippen LogP contribution in [0.3, 0.4) is 0 Å². The summed E-state index contributed by atoms with van der Waals surface area (Å²) in [6, 6.07) is 6.03. The number of carbonyl (C=O) groups excluding carboxylic acids is 1. The first-order chi connectivity index (χ1) is 15.0. The molecule has 0 radical (unpaired) electrons. The van der Waals surface area contributed by atoms with Crippen LogP contribution in [0.4, 0.5) is 5.69 Å². The molecule has 3 rings (SSSR count). The van der Waals surface area contributed by atoms with E-state index in [1.54, 1.807) is 24.3 Å². The molecule has 10 heteroatoms. The predicted octanol–water partition coefficient (Wildman–Crippen LogP) is 2.94. The topological polar surface area (TPSA) is 105 Å². The minimum Gasteiger partial charge on any atom is -0.466 e. The van der Waals surface area contributed by atoms with E-state index in [-0.39, 0.29) is 18.5 Å². The zero-order chi connectivity index (χ0) is 22.2. The summed E-state index contributed by atoms with van der Waals surface area (Å²) in [7, 11) is 2.02. The number of carbonyl (C=O) groups is 1. The number of amides is 1. The molecule has 0 bridgehead atoms. The fourth-order valence-corrected chi connectivity index (χ4v) is 4.44. The number of hydrogen-bond donors (Lipinski definition) is 3. The van der Waals surface area contributed by atoms with Crippen molar-refractivity contribution in [3.8, 4) is 10.6 Å². The van der Waals surface area contributed by atoms with Gasteiger partial charge in [-0.2, -0.15) is 0 Å².